The number of anilines is 1. The second-order valence-electron chi connectivity index (χ2n) is 9.05. The maximum absolute atomic E-state index is 12.2. The van der Waals surface area contributed by atoms with Gasteiger partial charge in [-0.15, -0.1) is 15.3 Å². The molecule has 4 aromatic rings. The summed E-state index contributed by atoms with van der Waals surface area (Å²) in [6.07, 6.45) is 0. The molecule has 0 saturated carbocycles. The van der Waals surface area contributed by atoms with Gasteiger partial charge in [-0.25, -0.2) is 16.8 Å². The number of fused-ring (bicyclic) bond motifs is 1. The molecule has 214 valence electrons. The van der Waals surface area contributed by atoms with E-state index in [1.165, 1.54) is 37.3 Å². The van der Waals surface area contributed by atoms with Crippen LogP contribution in [0.3, 0.4) is 0 Å². The highest BCUT2D eigenvalue weighted by molar-refractivity contribution is 7.91. The number of nitrogens with zero attached hydrogens (tertiary/aromatic N) is 4. The van der Waals surface area contributed by atoms with E-state index in [0.717, 1.165) is 0 Å². The van der Waals surface area contributed by atoms with E-state index < -0.39 is 19.7 Å². The molecule has 0 amide bonds. The normalized spacial score (nSPS) is 12.5. The summed E-state index contributed by atoms with van der Waals surface area (Å²) in [6, 6.07) is 15.0. The lowest BCUT2D eigenvalue weighted by molar-refractivity contribution is 0.475. The Kier molecular flexibility index (Phi) is 8.40. The van der Waals surface area contributed by atoms with Crippen molar-refractivity contribution in [2.45, 2.75) is 30.6 Å². The van der Waals surface area contributed by atoms with E-state index >= 15 is 0 Å². The van der Waals surface area contributed by atoms with Crippen LogP contribution in [0, 0.1) is 6.92 Å². The third-order valence-electron chi connectivity index (χ3n) is 6.51. The van der Waals surface area contributed by atoms with Crippen LogP contribution in [0.5, 0.6) is 11.5 Å². The standard InChI is InChI=1S/C28H29N5O6S2/c1-5-40(36,37)18-7-11-22(17(3)15-18)30-33-27-20-9-13-24(28(35)21(20)10-12-23(27)29-4)31-32-25-16-19(8-14-26(25)34)41(38,39)6-2/h7-16,29,34-35H,5-6H2,1-4H3. The molecule has 0 atom stereocenters. The first-order valence-electron chi connectivity index (χ1n) is 12.6. The maximum atomic E-state index is 12.2. The molecule has 4 aromatic carbocycles. The topological polar surface area (TPSA) is 170 Å². The SMILES string of the molecule is CCS(=O)(=O)c1ccc(N=Nc2c(NC)ccc3c(O)c(N=Nc4cc(S(=O)(=O)CC)ccc4O)ccc23)c(C)c1. The lowest BCUT2D eigenvalue weighted by Gasteiger charge is -2.11. The quantitative estimate of drug-likeness (QED) is 0.175. The summed E-state index contributed by atoms with van der Waals surface area (Å²) >= 11 is 0. The summed E-state index contributed by atoms with van der Waals surface area (Å²) in [5.74, 6) is -0.581. The average Bonchev–Trinajstić information content (AvgIpc) is 2.96. The number of benzene rings is 4. The monoisotopic (exact) mass is 595 g/mol. The minimum Gasteiger partial charge on any atom is -0.506 e. The molecule has 0 saturated heterocycles. The molecule has 0 aliphatic carbocycles. The molecular formula is C28H29N5O6S2. The second-order valence-corrected chi connectivity index (χ2v) is 13.6. The number of nitrogens with one attached hydrogen (secondary N) is 1. The van der Waals surface area contributed by atoms with Crippen molar-refractivity contribution in [3.05, 3.63) is 66.2 Å². The van der Waals surface area contributed by atoms with Gasteiger partial charge in [-0.3, -0.25) is 0 Å². The van der Waals surface area contributed by atoms with Crippen LogP contribution < -0.4 is 5.32 Å². The van der Waals surface area contributed by atoms with Crippen molar-refractivity contribution in [2.24, 2.45) is 20.5 Å². The fourth-order valence-electron chi connectivity index (χ4n) is 4.01. The van der Waals surface area contributed by atoms with Crippen LogP contribution in [0.2, 0.25) is 0 Å². The van der Waals surface area contributed by atoms with Crippen LogP contribution in [0.15, 0.2) is 90.9 Å². The van der Waals surface area contributed by atoms with Crippen LogP contribution in [-0.4, -0.2) is 45.6 Å². The Morgan fingerprint density at radius 3 is 1.88 bits per heavy atom. The van der Waals surface area contributed by atoms with Gasteiger partial charge >= 0.3 is 0 Å². The van der Waals surface area contributed by atoms with E-state index in [1.807, 2.05) is 0 Å². The smallest absolute Gasteiger partial charge is 0.178 e. The largest absolute Gasteiger partial charge is 0.506 e. The Morgan fingerprint density at radius 2 is 1.24 bits per heavy atom. The first-order chi connectivity index (χ1) is 19.4. The number of hydrogen-bond donors (Lipinski definition) is 3. The van der Waals surface area contributed by atoms with Crippen molar-refractivity contribution in [1.29, 1.82) is 0 Å². The number of hydrogen-bond acceptors (Lipinski definition) is 11. The van der Waals surface area contributed by atoms with Gasteiger partial charge in [-0.2, -0.15) is 5.11 Å². The van der Waals surface area contributed by atoms with Gasteiger partial charge in [0.15, 0.2) is 25.4 Å². The number of aryl methyl sites for hydroxylation is 1. The molecule has 3 N–H and O–H groups in total. The Labute approximate surface area is 238 Å². The van der Waals surface area contributed by atoms with E-state index in [1.54, 1.807) is 51.2 Å². The van der Waals surface area contributed by atoms with Gasteiger partial charge in [-0.05, 0) is 73.2 Å². The van der Waals surface area contributed by atoms with Crippen molar-refractivity contribution >= 4 is 58.9 Å². The molecule has 0 heterocycles. The van der Waals surface area contributed by atoms with Gasteiger partial charge in [0.05, 0.1) is 32.7 Å². The van der Waals surface area contributed by atoms with E-state index in [0.29, 0.717) is 33.4 Å². The molecule has 4 rings (SSSR count). The van der Waals surface area contributed by atoms with E-state index in [9.17, 15) is 27.0 Å². The van der Waals surface area contributed by atoms with E-state index in [-0.39, 0.29) is 44.2 Å². The van der Waals surface area contributed by atoms with Gasteiger partial charge in [-0.1, -0.05) is 13.8 Å². The van der Waals surface area contributed by atoms with Crippen molar-refractivity contribution in [1.82, 2.24) is 0 Å². The van der Waals surface area contributed by atoms with Crippen molar-refractivity contribution in [2.75, 3.05) is 23.9 Å². The fraction of sp³-hybridized carbons (Fsp3) is 0.214. The summed E-state index contributed by atoms with van der Waals surface area (Å²) in [7, 11) is -5.16. The zero-order chi connectivity index (χ0) is 29.9. The maximum Gasteiger partial charge on any atom is 0.178 e. The summed E-state index contributed by atoms with van der Waals surface area (Å²) in [5.41, 5.74) is 2.22. The third-order valence-corrected chi connectivity index (χ3v) is 9.97. The molecule has 0 aliphatic rings. The molecule has 0 radical (unpaired) electrons. The number of aromatic hydroxyl groups is 2. The molecule has 0 spiro atoms. The summed E-state index contributed by atoms with van der Waals surface area (Å²) in [4.78, 5) is 0.220. The first kappa shape index (κ1) is 29.6. The number of rotatable bonds is 9. The fourth-order valence-corrected chi connectivity index (χ4v) is 5.87. The number of phenolic OH excluding ortho intramolecular Hbond substituents is 2. The van der Waals surface area contributed by atoms with Crippen molar-refractivity contribution < 1.29 is 27.0 Å². The first-order valence-corrected chi connectivity index (χ1v) is 15.9. The van der Waals surface area contributed by atoms with Crippen LogP contribution >= 0.6 is 0 Å². The third kappa shape index (κ3) is 6.05. The van der Waals surface area contributed by atoms with Crippen LogP contribution in [0.4, 0.5) is 28.4 Å². The summed E-state index contributed by atoms with van der Waals surface area (Å²) in [6.45, 7) is 4.85. The molecule has 0 bridgehead atoms. The molecule has 0 fully saturated rings. The molecule has 13 heteroatoms. The minimum absolute atomic E-state index is 0.000876. The molecule has 0 aliphatic heterocycles. The molecule has 0 unspecified atom stereocenters. The molecular weight excluding hydrogens is 566 g/mol. The zero-order valence-electron chi connectivity index (χ0n) is 22.8. The lowest BCUT2D eigenvalue weighted by atomic mass is 10.1. The lowest BCUT2D eigenvalue weighted by Crippen LogP contribution is -2.03. The second kappa shape index (κ2) is 11.6. The minimum atomic E-state index is -3.52. The van der Waals surface area contributed by atoms with Gasteiger partial charge in [0, 0.05) is 17.8 Å². The Bertz CT molecular complexity index is 1920. The van der Waals surface area contributed by atoms with Gasteiger partial charge in [0.25, 0.3) is 0 Å². The molecule has 0 aromatic heterocycles. The van der Waals surface area contributed by atoms with Crippen molar-refractivity contribution in [3.63, 3.8) is 0 Å². The predicted octanol–water partition coefficient (Wildman–Crippen LogP) is 7.02. The Hall–Kier alpha value is -4.36. The van der Waals surface area contributed by atoms with Gasteiger partial charge < -0.3 is 15.5 Å². The number of azo groups is 2. The highest BCUT2D eigenvalue weighted by atomic mass is 32.2. The zero-order valence-corrected chi connectivity index (χ0v) is 24.5. The number of sulfone groups is 2. The van der Waals surface area contributed by atoms with E-state index in [4.69, 9.17) is 0 Å². The number of phenols is 2. The van der Waals surface area contributed by atoms with Crippen LogP contribution in [0.25, 0.3) is 10.8 Å². The van der Waals surface area contributed by atoms with Crippen LogP contribution in [0.1, 0.15) is 19.4 Å². The summed E-state index contributed by atoms with van der Waals surface area (Å²) < 4.78 is 48.8. The average molecular weight is 596 g/mol. The highest BCUT2D eigenvalue weighted by Gasteiger charge is 2.16. The molecule has 11 nitrogen and oxygen atoms in total. The predicted molar refractivity (Wildman–Crippen MR) is 158 cm³/mol. The highest BCUT2D eigenvalue weighted by Crippen LogP contribution is 2.43. The summed E-state index contributed by atoms with van der Waals surface area (Å²) in [5, 5.41) is 42.0. The Morgan fingerprint density at radius 1 is 0.683 bits per heavy atom. The van der Waals surface area contributed by atoms with E-state index in [2.05, 4.69) is 25.8 Å². The Balaban J connectivity index is 1.74. The van der Waals surface area contributed by atoms with Crippen LogP contribution in [-0.2, 0) is 19.7 Å². The van der Waals surface area contributed by atoms with Gasteiger partial charge in [0.2, 0.25) is 0 Å². The van der Waals surface area contributed by atoms with Gasteiger partial charge in [0.1, 0.15) is 22.8 Å². The van der Waals surface area contributed by atoms with Crippen molar-refractivity contribution in [3.8, 4) is 11.5 Å². The molecule has 41 heavy (non-hydrogen) atoms.